The number of nitrogens with zero attached hydrogens (tertiary/aromatic N) is 1. The summed E-state index contributed by atoms with van der Waals surface area (Å²) >= 11 is 5.77. The lowest BCUT2D eigenvalue weighted by molar-refractivity contribution is 0.418. The number of hydrogen-bond donors (Lipinski definition) is 1. The number of rotatable bonds is 3. The molecule has 0 atom stereocenters. The third kappa shape index (κ3) is 2.57. The van der Waals surface area contributed by atoms with Crippen LogP contribution in [0.4, 0.5) is 8.78 Å². The quantitative estimate of drug-likeness (QED) is 0.931. The van der Waals surface area contributed by atoms with E-state index in [2.05, 4.69) is 4.98 Å². The van der Waals surface area contributed by atoms with Crippen LogP contribution in [0.2, 0.25) is 5.02 Å². The molecule has 2 rings (SSSR count). The van der Waals surface area contributed by atoms with Gasteiger partial charge in [-0.15, -0.1) is 0 Å². The molecule has 0 spiro atoms. The van der Waals surface area contributed by atoms with Gasteiger partial charge < -0.3 is 10.5 Å². The number of pyridine rings is 1. The molecule has 0 unspecified atom stereocenters. The van der Waals surface area contributed by atoms with Crippen LogP contribution in [0.3, 0.4) is 0 Å². The maximum absolute atomic E-state index is 13.8. The van der Waals surface area contributed by atoms with Gasteiger partial charge in [0.1, 0.15) is 11.6 Å². The maximum atomic E-state index is 13.8. The molecule has 0 amide bonds. The molecule has 0 radical (unpaired) electrons. The Hall–Kier alpha value is -1.72. The van der Waals surface area contributed by atoms with Gasteiger partial charge >= 0.3 is 0 Å². The van der Waals surface area contributed by atoms with E-state index in [1.54, 1.807) is 0 Å². The molecule has 0 aliphatic heterocycles. The fourth-order valence-corrected chi connectivity index (χ4v) is 1.56. The van der Waals surface area contributed by atoms with Gasteiger partial charge in [-0.2, -0.15) is 0 Å². The van der Waals surface area contributed by atoms with Crippen molar-refractivity contribution in [2.45, 2.75) is 6.54 Å². The number of benzene rings is 1. The molecule has 0 bridgehead atoms. The monoisotopic (exact) mass is 270 g/mol. The van der Waals surface area contributed by atoms with Crippen molar-refractivity contribution in [1.82, 2.24) is 4.98 Å². The Labute approximate surface area is 107 Å². The van der Waals surface area contributed by atoms with Gasteiger partial charge in [-0.1, -0.05) is 11.6 Å². The van der Waals surface area contributed by atoms with E-state index in [0.717, 1.165) is 12.1 Å². The lowest BCUT2D eigenvalue weighted by Crippen LogP contribution is -2.02. The van der Waals surface area contributed by atoms with E-state index in [1.807, 2.05) is 0 Å². The Morgan fingerprint density at radius 2 is 2.06 bits per heavy atom. The van der Waals surface area contributed by atoms with Gasteiger partial charge in [0.25, 0.3) is 5.88 Å². The molecule has 1 heterocycles. The minimum absolute atomic E-state index is 0.0296. The standard InChI is InChI=1S/C12H9ClF2N2O/c13-9-5-8(14)1-2-10(9)18-12-11(15)7(6-16)3-4-17-12/h1-5H,6,16H2. The van der Waals surface area contributed by atoms with Crippen molar-refractivity contribution >= 4 is 11.6 Å². The van der Waals surface area contributed by atoms with Crippen molar-refractivity contribution in [3.8, 4) is 11.6 Å². The van der Waals surface area contributed by atoms with Crippen molar-refractivity contribution in [2.75, 3.05) is 0 Å². The largest absolute Gasteiger partial charge is 0.435 e. The van der Waals surface area contributed by atoms with E-state index in [4.69, 9.17) is 22.1 Å². The molecule has 1 aromatic heterocycles. The fraction of sp³-hybridized carbons (Fsp3) is 0.0833. The summed E-state index contributed by atoms with van der Waals surface area (Å²) in [6.45, 7) is 0.0296. The SMILES string of the molecule is NCc1ccnc(Oc2ccc(F)cc2Cl)c1F. The average molecular weight is 271 g/mol. The highest BCUT2D eigenvalue weighted by molar-refractivity contribution is 6.32. The highest BCUT2D eigenvalue weighted by Crippen LogP contribution is 2.30. The zero-order chi connectivity index (χ0) is 13.1. The zero-order valence-corrected chi connectivity index (χ0v) is 9.92. The van der Waals surface area contributed by atoms with Crippen LogP contribution in [0, 0.1) is 11.6 Å². The van der Waals surface area contributed by atoms with Crippen LogP contribution in [-0.4, -0.2) is 4.98 Å². The fourth-order valence-electron chi connectivity index (χ4n) is 1.35. The molecule has 0 aliphatic carbocycles. The van der Waals surface area contributed by atoms with Crippen LogP contribution < -0.4 is 10.5 Å². The Morgan fingerprint density at radius 3 is 2.72 bits per heavy atom. The first kappa shape index (κ1) is 12.7. The molecule has 6 heteroatoms. The predicted molar refractivity (Wildman–Crippen MR) is 63.6 cm³/mol. The van der Waals surface area contributed by atoms with Crippen molar-refractivity contribution in [3.05, 3.63) is 52.7 Å². The Morgan fingerprint density at radius 1 is 1.28 bits per heavy atom. The summed E-state index contributed by atoms with van der Waals surface area (Å²) in [5.41, 5.74) is 5.64. The highest BCUT2D eigenvalue weighted by atomic mass is 35.5. The summed E-state index contributed by atoms with van der Waals surface area (Å²) < 4.78 is 31.8. The van der Waals surface area contributed by atoms with Crippen molar-refractivity contribution < 1.29 is 13.5 Å². The van der Waals surface area contributed by atoms with Gasteiger partial charge in [0, 0.05) is 18.3 Å². The molecule has 0 fully saturated rings. The van der Waals surface area contributed by atoms with E-state index >= 15 is 0 Å². The van der Waals surface area contributed by atoms with Crippen LogP contribution in [0.1, 0.15) is 5.56 Å². The number of ether oxygens (including phenoxy) is 1. The normalized spacial score (nSPS) is 10.4. The van der Waals surface area contributed by atoms with Crippen LogP contribution >= 0.6 is 11.6 Å². The number of halogens is 3. The van der Waals surface area contributed by atoms with Gasteiger partial charge in [-0.3, -0.25) is 0 Å². The highest BCUT2D eigenvalue weighted by Gasteiger charge is 2.12. The molecule has 3 nitrogen and oxygen atoms in total. The summed E-state index contributed by atoms with van der Waals surface area (Å²) in [7, 11) is 0. The first-order valence-electron chi connectivity index (χ1n) is 5.08. The molecule has 2 aromatic rings. The van der Waals surface area contributed by atoms with Crippen LogP contribution in [0.15, 0.2) is 30.5 Å². The van der Waals surface area contributed by atoms with Crippen LogP contribution in [0.5, 0.6) is 11.6 Å². The summed E-state index contributed by atoms with van der Waals surface area (Å²) in [5.74, 6) is -1.28. The summed E-state index contributed by atoms with van der Waals surface area (Å²) in [4.78, 5) is 3.74. The van der Waals surface area contributed by atoms with E-state index < -0.39 is 11.6 Å². The molecule has 0 aliphatic rings. The van der Waals surface area contributed by atoms with Gasteiger partial charge in [-0.25, -0.2) is 13.8 Å². The third-order valence-corrected chi connectivity index (χ3v) is 2.55. The predicted octanol–water partition coefficient (Wildman–Crippen LogP) is 3.26. The average Bonchev–Trinajstić information content (AvgIpc) is 2.35. The van der Waals surface area contributed by atoms with Gasteiger partial charge in [0.05, 0.1) is 5.02 Å². The van der Waals surface area contributed by atoms with Crippen LogP contribution in [0.25, 0.3) is 0 Å². The van der Waals surface area contributed by atoms with Gasteiger partial charge in [0.2, 0.25) is 0 Å². The lowest BCUT2D eigenvalue weighted by Gasteiger charge is -2.09. The molecular formula is C12H9ClF2N2O. The molecule has 0 saturated carbocycles. The van der Waals surface area contributed by atoms with Gasteiger partial charge in [0.15, 0.2) is 5.82 Å². The second kappa shape index (κ2) is 5.29. The topological polar surface area (TPSA) is 48.1 Å². The first-order chi connectivity index (χ1) is 8.61. The molecular weight excluding hydrogens is 262 g/mol. The second-order valence-electron chi connectivity index (χ2n) is 3.47. The molecule has 2 N–H and O–H groups in total. The second-order valence-corrected chi connectivity index (χ2v) is 3.88. The molecule has 18 heavy (non-hydrogen) atoms. The number of aromatic nitrogens is 1. The smallest absolute Gasteiger partial charge is 0.256 e. The van der Waals surface area contributed by atoms with Crippen molar-refractivity contribution in [3.63, 3.8) is 0 Å². The summed E-state index contributed by atoms with van der Waals surface area (Å²) in [6, 6.07) is 4.98. The minimum atomic E-state index is -0.652. The van der Waals surface area contributed by atoms with Crippen molar-refractivity contribution in [2.24, 2.45) is 5.73 Å². The van der Waals surface area contributed by atoms with E-state index in [0.29, 0.717) is 0 Å². The molecule has 0 saturated heterocycles. The Bertz CT molecular complexity index is 578. The zero-order valence-electron chi connectivity index (χ0n) is 9.16. The van der Waals surface area contributed by atoms with Crippen LogP contribution in [-0.2, 0) is 6.54 Å². The Balaban J connectivity index is 2.34. The van der Waals surface area contributed by atoms with Gasteiger partial charge in [-0.05, 0) is 24.3 Å². The molecule has 94 valence electrons. The van der Waals surface area contributed by atoms with E-state index in [1.165, 1.54) is 18.3 Å². The minimum Gasteiger partial charge on any atom is -0.435 e. The maximum Gasteiger partial charge on any atom is 0.256 e. The first-order valence-corrected chi connectivity index (χ1v) is 5.46. The number of hydrogen-bond acceptors (Lipinski definition) is 3. The Kier molecular flexibility index (Phi) is 3.74. The van der Waals surface area contributed by atoms with E-state index in [9.17, 15) is 8.78 Å². The summed E-state index contributed by atoms with van der Waals surface area (Å²) in [6.07, 6.45) is 1.37. The summed E-state index contributed by atoms with van der Waals surface area (Å²) in [5, 5.41) is 0.0364. The third-order valence-electron chi connectivity index (χ3n) is 2.26. The molecule has 1 aromatic carbocycles. The van der Waals surface area contributed by atoms with Crippen molar-refractivity contribution in [1.29, 1.82) is 0 Å². The lowest BCUT2D eigenvalue weighted by atomic mass is 10.2. The number of nitrogens with two attached hydrogens (primary N) is 1. The van der Waals surface area contributed by atoms with E-state index in [-0.39, 0.29) is 28.8 Å².